The number of rotatable bonds is 3. The van der Waals surface area contributed by atoms with Crippen LogP contribution >= 0.6 is 0 Å². The van der Waals surface area contributed by atoms with E-state index in [0.717, 1.165) is 31.7 Å². The van der Waals surface area contributed by atoms with Crippen LogP contribution in [0.4, 0.5) is 5.82 Å². The van der Waals surface area contributed by atoms with Crippen molar-refractivity contribution in [1.82, 2.24) is 9.97 Å². The van der Waals surface area contributed by atoms with Crippen LogP contribution in [0.5, 0.6) is 0 Å². The van der Waals surface area contributed by atoms with Crippen molar-refractivity contribution in [2.24, 2.45) is 0 Å². The molecular formula is C11H15N3O2. The first-order valence-electron chi connectivity index (χ1n) is 5.46. The van der Waals surface area contributed by atoms with Crippen LogP contribution in [-0.2, 0) is 11.2 Å². The molecule has 1 fully saturated rings. The molecule has 0 atom stereocenters. The van der Waals surface area contributed by atoms with Crippen LogP contribution in [0.25, 0.3) is 0 Å². The first-order chi connectivity index (χ1) is 7.66. The highest BCUT2D eigenvalue weighted by atomic mass is 16.4. The van der Waals surface area contributed by atoms with Crippen molar-refractivity contribution in [1.29, 1.82) is 0 Å². The fraction of sp³-hybridized carbons (Fsp3) is 0.545. The minimum atomic E-state index is -0.840. The number of aryl methyl sites for hydroxylation is 1. The Kier molecular flexibility index (Phi) is 3.03. The van der Waals surface area contributed by atoms with Gasteiger partial charge in [-0.3, -0.25) is 4.79 Å². The van der Waals surface area contributed by atoms with Crippen molar-refractivity contribution in [2.75, 3.05) is 18.0 Å². The summed E-state index contributed by atoms with van der Waals surface area (Å²) in [5.74, 6) is 0.649. The monoisotopic (exact) mass is 221 g/mol. The molecule has 86 valence electrons. The van der Waals surface area contributed by atoms with E-state index in [9.17, 15) is 4.79 Å². The van der Waals surface area contributed by atoms with Gasteiger partial charge in [0.1, 0.15) is 11.6 Å². The predicted molar refractivity (Wildman–Crippen MR) is 59.6 cm³/mol. The van der Waals surface area contributed by atoms with Gasteiger partial charge in [0.25, 0.3) is 0 Å². The highest BCUT2D eigenvalue weighted by Crippen LogP contribution is 2.22. The molecule has 16 heavy (non-hydrogen) atoms. The van der Waals surface area contributed by atoms with E-state index < -0.39 is 5.97 Å². The van der Waals surface area contributed by atoms with Crippen LogP contribution in [0.1, 0.15) is 24.2 Å². The molecule has 2 heterocycles. The number of carboxylic acids is 1. The summed E-state index contributed by atoms with van der Waals surface area (Å²) in [5, 5.41) is 8.83. The third-order valence-corrected chi connectivity index (χ3v) is 2.71. The third kappa shape index (κ3) is 2.29. The average molecular weight is 221 g/mol. The van der Waals surface area contributed by atoms with Gasteiger partial charge in [-0.25, -0.2) is 9.97 Å². The highest BCUT2D eigenvalue weighted by molar-refractivity contribution is 5.72. The van der Waals surface area contributed by atoms with Crippen molar-refractivity contribution in [3.63, 3.8) is 0 Å². The zero-order valence-electron chi connectivity index (χ0n) is 9.31. The van der Waals surface area contributed by atoms with E-state index in [1.165, 1.54) is 0 Å². The SMILES string of the molecule is Cc1ncc(CC(=O)O)c(N2CCCC2)n1. The fourth-order valence-corrected chi connectivity index (χ4v) is 1.97. The number of nitrogens with zero attached hydrogens (tertiary/aromatic N) is 3. The number of aromatic nitrogens is 2. The number of hydrogen-bond donors (Lipinski definition) is 1. The first kappa shape index (κ1) is 10.9. The summed E-state index contributed by atoms with van der Waals surface area (Å²) in [6, 6.07) is 0. The molecule has 0 unspecified atom stereocenters. The molecule has 0 spiro atoms. The summed E-state index contributed by atoms with van der Waals surface area (Å²) < 4.78 is 0. The van der Waals surface area contributed by atoms with Gasteiger partial charge in [-0.05, 0) is 19.8 Å². The van der Waals surface area contributed by atoms with Crippen molar-refractivity contribution in [3.05, 3.63) is 17.6 Å². The summed E-state index contributed by atoms with van der Waals surface area (Å²) in [7, 11) is 0. The Labute approximate surface area is 94.1 Å². The van der Waals surface area contributed by atoms with E-state index in [1.807, 2.05) is 6.92 Å². The number of carboxylic acid groups (broad SMARTS) is 1. The summed E-state index contributed by atoms with van der Waals surface area (Å²) in [6.45, 7) is 3.75. The van der Waals surface area contributed by atoms with Gasteiger partial charge in [-0.15, -0.1) is 0 Å². The van der Waals surface area contributed by atoms with E-state index in [-0.39, 0.29) is 6.42 Å². The lowest BCUT2D eigenvalue weighted by Gasteiger charge is -2.19. The van der Waals surface area contributed by atoms with Gasteiger partial charge in [0.2, 0.25) is 0 Å². The predicted octanol–water partition coefficient (Wildman–Crippen LogP) is 1.01. The van der Waals surface area contributed by atoms with E-state index >= 15 is 0 Å². The van der Waals surface area contributed by atoms with E-state index in [2.05, 4.69) is 14.9 Å². The lowest BCUT2D eigenvalue weighted by molar-refractivity contribution is -0.136. The Bertz CT molecular complexity index is 400. The molecule has 0 saturated carbocycles. The van der Waals surface area contributed by atoms with Gasteiger partial charge in [-0.2, -0.15) is 0 Å². The molecule has 0 amide bonds. The lowest BCUT2D eigenvalue weighted by Crippen LogP contribution is -2.22. The van der Waals surface area contributed by atoms with Gasteiger partial charge >= 0.3 is 5.97 Å². The van der Waals surface area contributed by atoms with Crippen LogP contribution in [0.15, 0.2) is 6.20 Å². The first-order valence-corrected chi connectivity index (χ1v) is 5.46. The summed E-state index contributed by atoms with van der Waals surface area (Å²) >= 11 is 0. The molecule has 1 aliphatic heterocycles. The number of hydrogen-bond acceptors (Lipinski definition) is 4. The second-order valence-electron chi connectivity index (χ2n) is 4.03. The zero-order chi connectivity index (χ0) is 11.5. The maximum atomic E-state index is 10.7. The summed E-state index contributed by atoms with van der Waals surface area (Å²) in [5.41, 5.74) is 0.708. The van der Waals surface area contributed by atoms with Gasteiger partial charge in [0, 0.05) is 24.8 Å². The minimum Gasteiger partial charge on any atom is -0.481 e. The molecule has 0 bridgehead atoms. The Balaban J connectivity index is 2.31. The third-order valence-electron chi connectivity index (χ3n) is 2.71. The molecule has 2 rings (SSSR count). The molecule has 5 nitrogen and oxygen atoms in total. The fourth-order valence-electron chi connectivity index (χ4n) is 1.97. The largest absolute Gasteiger partial charge is 0.481 e. The standard InChI is InChI=1S/C11H15N3O2/c1-8-12-7-9(6-10(15)16)11(13-8)14-4-2-3-5-14/h7H,2-6H2,1H3,(H,15,16). The Morgan fingerprint density at radius 2 is 2.19 bits per heavy atom. The maximum absolute atomic E-state index is 10.7. The molecule has 1 saturated heterocycles. The lowest BCUT2D eigenvalue weighted by atomic mass is 10.2. The molecule has 5 heteroatoms. The average Bonchev–Trinajstić information content (AvgIpc) is 2.73. The van der Waals surface area contributed by atoms with Gasteiger partial charge < -0.3 is 10.0 Å². The Morgan fingerprint density at radius 3 is 2.81 bits per heavy atom. The van der Waals surface area contributed by atoms with Crippen LogP contribution in [0, 0.1) is 6.92 Å². The summed E-state index contributed by atoms with van der Waals surface area (Å²) in [6.07, 6.45) is 3.92. The Hall–Kier alpha value is -1.65. The molecule has 0 aromatic carbocycles. The van der Waals surface area contributed by atoms with Crippen LogP contribution in [0.2, 0.25) is 0 Å². The van der Waals surface area contributed by atoms with Gasteiger partial charge in [0.15, 0.2) is 0 Å². The van der Waals surface area contributed by atoms with Crippen molar-refractivity contribution >= 4 is 11.8 Å². The molecular weight excluding hydrogens is 206 g/mol. The van der Waals surface area contributed by atoms with Crippen molar-refractivity contribution < 1.29 is 9.90 Å². The number of anilines is 1. The smallest absolute Gasteiger partial charge is 0.308 e. The van der Waals surface area contributed by atoms with Crippen molar-refractivity contribution in [3.8, 4) is 0 Å². The molecule has 1 aliphatic rings. The molecule has 0 aliphatic carbocycles. The second-order valence-corrected chi connectivity index (χ2v) is 4.03. The zero-order valence-corrected chi connectivity index (χ0v) is 9.31. The maximum Gasteiger partial charge on any atom is 0.308 e. The van der Waals surface area contributed by atoms with Crippen molar-refractivity contribution in [2.45, 2.75) is 26.2 Å². The van der Waals surface area contributed by atoms with E-state index in [4.69, 9.17) is 5.11 Å². The topological polar surface area (TPSA) is 66.3 Å². The van der Waals surface area contributed by atoms with Crippen LogP contribution < -0.4 is 4.90 Å². The number of carbonyl (C=O) groups is 1. The summed E-state index contributed by atoms with van der Waals surface area (Å²) in [4.78, 5) is 21.3. The van der Waals surface area contributed by atoms with E-state index in [1.54, 1.807) is 6.20 Å². The number of aliphatic carboxylic acids is 1. The van der Waals surface area contributed by atoms with Crippen LogP contribution in [-0.4, -0.2) is 34.1 Å². The van der Waals surface area contributed by atoms with Crippen LogP contribution in [0.3, 0.4) is 0 Å². The molecule has 1 aromatic rings. The van der Waals surface area contributed by atoms with Gasteiger partial charge in [0.05, 0.1) is 6.42 Å². The molecule has 1 aromatic heterocycles. The minimum absolute atomic E-state index is 0.00782. The Morgan fingerprint density at radius 1 is 1.50 bits per heavy atom. The highest BCUT2D eigenvalue weighted by Gasteiger charge is 2.18. The molecule has 0 radical (unpaired) electrons. The molecule has 1 N–H and O–H groups in total. The normalized spacial score (nSPS) is 15.4. The second kappa shape index (κ2) is 4.47. The van der Waals surface area contributed by atoms with E-state index in [0.29, 0.717) is 11.4 Å². The quantitative estimate of drug-likeness (QED) is 0.825. The van der Waals surface area contributed by atoms with Gasteiger partial charge in [-0.1, -0.05) is 0 Å².